The van der Waals surface area contributed by atoms with Crippen molar-refractivity contribution in [1.29, 1.82) is 0 Å². The molecule has 0 saturated heterocycles. The van der Waals surface area contributed by atoms with Gasteiger partial charge in [-0.2, -0.15) is 0 Å². The number of hydrogen-bond acceptors (Lipinski definition) is 2. The highest BCUT2D eigenvalue weighted by molar-refractivity contribution is 9.10. The summed E-state index contributed by atoms with van der Waals surface area (Å²) in [7, 11) is 1.87. The Morgan fingerprint density at radius 2 is 2.08 bits per heavy atom. The highest BCUT2D eigenvalue weighted by atomic mass is 79.9. The Morgan fingerprint density at radius 1 is 1.23 bits per heavy atom. The summed E-state index contributed by atoms with van der Waals surface area (Å²) < 4.78 is 1.09. The molecule has 1 heterocycles. The SMILES string of the molecule is CNc1cc2cc(Br)ccc2cn1. The Morgan fingerprint density at radius 3 is 2.85 bits per heavy atom. The van der Waals surface area contributed by atoms with E-state index in [-0.39, 0.29) is 0 Å². The molecular weight excluding hydrogens is 228 g/mol. The maximum absolute atomic E-state index is 4.23. The van der Waals surface area contributed by atoms with Crippen molar-refractivity contribution in [2.45, 2.75) is 0 Å². The maximum Gasteiger partial charge on any atom is 0.126 e. The van der Waals surface area contributed by atoms with Gasteiger partial charge in [0.25, 0.3) is 0 Å². The van der Waals surface area contributed by atoms with E-state index in [1.165, 1.54) is 5.39 Å². The molecule has 0 spiro atoms. The minimum absolute atomic E-state index is 0.894. The first-order valence-corrected chi connectivity index (χ1v) is 4.82. The minimum Gasteiger partial charge on any atom is -0.373 e. The van der Waals surface area contributed by atoms with E-state index in [4.69, 9.17) is 0 Å². The molecule has 2 aromatic rings. The molecule has 0 aliphatic carbocycles. The molecule has 13 heavy (non-hydrogen) atoms. The van der Waals surface area contributed by atoms with Gasteiger partial charge >= 0.3 is 0 Å². The molecule has 0 atom stereocenters. The second-order valence-electron chi connectivity index (χ2n) is 2.81. The highest BCUT2D eigenvalue weighted by Gasteiger charge is 1.96. The molecule has 0 aliphatic rings. The lowest BCUT2D eigenvalue weighted by molar-refractivity contribution is 1.31. The van der Waals surface area contributed by atoms with Crippen molar-refractivity contribution in [3.05, 3.63) is 34.9 Å². The molecule has 1 aromatic heterocycles. The quantitative estimate of drug-likeness (QED) is 0.824. The van der Waals surface area contributed by atoms with E-state index >= 15 is 0 Å². The zero-order chi connectivity index (χ0) is 9.26. The second kappa shape index (κ2) is 3.34. The fraction of sp³-hybridized carbons (Fsp3) is 0.100. The monoisotopic (exact) mass is 236 g/mol. The number of benzene rings is 1. The van der Waals surface area contributed by atoms with E-state index in [0.717, 1.165) is 15.7 Å². The minimum atomic E-state index is 0.894. The fourth-order valence-corrected chi connectivity index (χ4v) is 1.63. The highest BCUT2D eigenvalue weighted by Crippen LogP contribution is 2.20. The topological polar surface area (TPSA) is 24.9 Å². The van der Waals surface area contributed by atoms with Crippen molar-refractivity contribution >= 4 is 32.5 Å². The van der Waals surface area contributed by atoms with Gasteiger partial charge in [0.05, 0.1) is 0 Å². The predicted octanol–water partition coefficient (Wildman–Crippen LogP) is 3.04. The van der Waals surface area contributed by atoms with E-state index in [0.29, 0.717) is 0 Å². The van der Waals surface area contributed by atoms with Crippen LogP contribution in [0.15, 0.2) is 34.9 Å². The summed E-state index contributed by atoms with van der Waals surface area (Å²) >= 11 is 3.44. The van der Waals surface area contributed by atoms with Gasteiger partial charge in [0, 0.05) is 23.1 Å². The number of fused-ring (bicyclic) bond motifs is 1. The van der Waals surface area contributed by atoms with Gasteiger partial charge in [-0.1, -0.05) is 22.0 Å². The number of nitrogens with one attached hydrogen (secondary N) is 1. The third kappa shape index (κ3) is 1.65. The van der Waals surface area contributed by atoms with Gasteiger partial charge in [-0.05, 0) is 23.6 Å². The lowest BCUT2D eigenvalue weighted by Crippen LogP contribution is -1.90. The van der Waals surface area contributed by atoms with Crippen LogP contribution in [0.3, 0.4) is 0 Å². The lowest BCUT2D eigenvalue weighted by Gasteiger charge is -2.01. The molecule has 1 N–H and O–H groups in total. The Kier molecular flexibility index (Phi) is 2.19. The summed E-state index contributed by atoms with van der Waals surface area (Å²) in [5.74, 6) is 0.894. The van der Waals surface area contributed by atoms with E-state index in [9.17, 15) is 0 Å². The average molecular weight is 237 g/mol. The number of hydrogen-bond donors (Lipinski definition) is 1. The van der Waals surface area contributed by atoms with E-state index in [2.05, 4.69) is 32.3 Å². The first-order chi connectivity index (χ1) is 6.29. The predicted molar refractivity (Wildman–Crippen MR) is 59.0 cm³/mol. The first kappa shape index (κ1) is 8.51. The molecule has 2 nitrogen and oxygen atoms in total. The molecule has 0 bridgehead atoms. The molecule has 2 rings (SSSR count). The number of nitrogens with zero attached hydrogens (tertiary/aromatic N) is 1. The molecule has 66 valence electrons. The molecule has 3 heteroatoms. The Labute approximate surface area is 85.1 Å². The summed E-state index contributed by atoms with van der Waals surface area (Å²) in [4.78, 5) is 4.23. The average Bonchev–Trinajstić information content (AvgIpc) is 2.16. The van der Waals surface area contributed by atoms with Crippen LogP contribution in [0.5, 0.6) is 0 Å². The Balaban J connectivity index is 2.68. The van der Waals surface area contributed by atoms with Gasteiger partial charge in [0.2, 0.25) is 0 Å². The van der Waals surface area contributed by atoms with Crippen LogP contribution in [0.1, 0.15) is 0 Å². The number of aromatic nitrogens is 1. The van der Waals surface area contributed by atoms with Crippen LogP contribution in [0.4, 0.5) is 5.82 Å². The van der Waals surface area contributed by atoms with Crippen LogP contribution < -0.4 is 5.32 Å². The van der Waals surface area contributed by atoms with Crippen molar-refractivity contribution in [3.63, 3.8) is 0 Å². The van der Waals surface area contributed by atoms with Gasteiger partial charge in [0.1, 0.15) is 5.82 Å². The number of anilines is 1. The summed E-state index contributed by atoms with van der Waals surface area (Å²) in [6.07, 6.45) is 1.87. The molecule has 0 radical (unpaired) electrons. The second-order valence-corrected chi connectivity index (χ2v) is 3.73. The van der Waals surface area contributed by atoms with Crippen molar-refractivity contribution < 1.29 is 0 Å². The van der Waals surface area contributed by atoms with E-state index < -0.39 is 0 Å². The van der Waals surface area contributed by atoms with Crippen molar-refractivity contribution in [3.8, 4) is 0 Å². The molecule has 0 amide bonds. The summed E-state index contributed by atoms with van der Waals surface area (Å²) in [5.41, 5.74) is 0. The summed E-state index contributed by atoms with van der Waals surface area (Å²) in [6.45, 7) is 0. The van der Waals surface area contributed by atoms with Crippen LogP contribution in [0.2, 0.25) is 0 Å². The van der Waals surface area contributed by atoms with Crippen LogP contribution in [0, 0.1) is 0 Å². The normalized spacial score (nSPS) is 10.3. The zero-order valence-corrected chi connectivity index (χ0v) is 8.80. The number of halogens is 1. The van der Waals surface area contributed by atoms with E-state index in [1.807, 2.05) is 31.4 Å². The summed E-state index contributed by atoms with van der Waals surface area (Å²) in [5, 5.41) is 5.36. The standard InChI is InChI=1S/C10H9BrN2/c1-12-10-5-8-4-9(11)3-2-7(8)6-13-10/h2-6H,1H3,(H,12,13). The van der Waals surface area contributed by atoms with Crippen molar-refractivity contribution in [2.75, 3.05) is 12.4 Å². The maximum atomic E-state index is 4.23. The van der Waals surface area contributed by atoms with Crippen LogP contribution in [-0.2, 0) is 0 Å². The Hall–Kier alpha value is -1.09. The van der Waals surface area contributed by atoms with E-state index in [1.54, 1.807) is 0 Å². The van der Waals surface area contributed by atoms with Crippen LogP contribution in [0.25, 0.3) is 10.8 Å². The van der Waals surface area contributed by atoms with Crippen molar-refractivity contribution in [1.82, 2.24) is 4.98 Å². The van der Waals surface area contributed by atoms with Crippen molar-refractivity contribution in [2.24, 2.45) is 0 Å². The van der Waals surface area contributed by atoms with Gasteiger partial charge in [0.15, 0.2) is 0 Å². The van der Waals surface area contributed by atoms with Gasteiger partial charge < -0.3 is 5.32 Å². The molecule has 0 fully saturated rings. The van der Waals surface area contributed by atoms with Crippen LogP contribution >= 0.6 is 15.9 Å². The summed E-state index contributed by atoms with van der Waals surface area (Å²) in [6, 6.07) is 8.17. The van der Waals surface area contributed by atoms with Gasteiger partial charge in [-0.3, -0.25) is 0 Å². The molecule has 0 saturated carbocycles. The van der Waals surface area contributed by atoms with Crippen LogP contribution in [-0.4, -0.2) is 12.0 Å². The molecular formula is C10H9BrN2. The lowest BCUT2D eigenvalue weighted by atomic mass is 10.2. The smallest absolute Gasteiger partial charge is 0.126 e. The zero-order valence-electron chi connectivity index (χ0n) is 7.21. The van der Waals surface area contributed by atoms with Gasteiger partial charge in [-0.25, -0.2) is 4.98 Å². The molecule has 1 aromatic carbocycles. The molecule has 0 aliphatic heterocycles. The third-order valence-electron chi connectivity index (χ3n) is 1.94. The van der Waals surface area contributed by atoms with Gasteiger partial charge in [-0.15, -0.1) is 0 Å². The fourth-order valence-electron chi connectivity index (χ4n) is 1.25. The number of rotatable bonds is 1. The molecule has 0 unspecified atom stereocenters. The third-order valence-corrected chi connectivity index (χ3v) is 2.43. The first-order valence-electron chi connectivity index (χ1n) is 4.02. The largest absolute Gasteiger partial charge is 0.373 e. The Bertz CT molecular complexity index is 440. The number of pyridine rings is 1.